The Kier molecular flexibility index (Phi) is 5.40. The number of nitrogens with one attached hydrogen (secondary N) is 1. The Bertz CT molecular complexity index is 277. The minimum absolute atomic E-state index is 0.686. The third kappa shape index (κ3) is 5.09. The lowest BCUT2D eigenvalue weighted by molar-refractivity contribution is 0.676. The molecule has 1 aromatic rings. The molecule has 1 atom stereocenters. The molecule has 0 amide bonds. The summed E-state index contributed by atoms with van der Waals surface area (Å²) in [6.45, 7) is 1.76. The van der Waals surface area contributed by atoms with Gasteiger partial charge in [-0.2, -0.15) is 0 Å². The summed E-state index contributed by atoms with van der Waals surface area (Å²) >= 11 is 0. The Morgan fingerprint density at radius 1 is 1.36 bits per heavy atom. The van der Waals surface area contributed by atoms with Gasteiger partial charge < -0.3 is 5.32 Å². The van der Waals surface area contributed by atoms with E-state index in [1.54, 1.807) is 18.6 Å². The van der Waals surface area contributed by atoms with Crippen molar-refractivity contribution in [2.24, 2.45) is 0 Å². The summed E-state index contributed by atoms with van der Waals surface area (Å²) in [6.07, 6.45) is 6.33. The van der Waals surface area contributed by atoms with Crippen LogP contribution in [0.15, 0.2) is 24.5 Å². The van der Waals surface area contributed by atoms with Crippen LogP contribution >= 0.6 is 0 Å². The van der Waals surface area contributed by atoms with E-state index in [4.69, 9.17) is 0 Å². The second-order valence-electron chi connectivity index (χ2n) is 3.13. The first-order chi connectivity index (χ1) is 6.79. The van der Waals surface area contributed by atoms with Crippen LogP contribution in [0, 0.1) is 0 Å². The second kappa shape index (κ2) is 6.68. The minimum atomic E-state index is -0.686. The van der Waals surface area contributed by atoms with Gasteiger partial charge in [0.05, 0.1) is 0 Å². The standard InChI is InChI=1S/C10H16N2OS/c1-14(13)9-8-12-7-4-10-2-5-11-6-3-10/h2-3,5-6,12H,4,7-9H2,1H3. The van der Waals surface area contributed by atoms with Crippen LogP contribution < -0.4 is 5.32 Å². The van der Waals surface area contributed by atoms with E-state index in [-0.39, 0.29) is 0 Å². The molecule has 0 spiro atoms. The van der Waals surface area contributed by atoms with E-state index in [1.807, 2.05) is 12.1 Å². The number of rotatable bonds is 6. The van der Waals surface area contributed by atoms with Crippen molar-refractivity contribution < 1.29 is 4.21 Å². The molecular weight excluding hydrogens is 196 g/mol. The summed E-state index contributed by atoms with van der Waals surface area (Å²) < 4.78 is 10.7. The van der Waals surface area contributed by atoms with Gasteiger partial charge in [0, 0.05) is 41.7 Å². The molecule has 14 heavy (non-hydrogen) atoms. The largest absolute Gasteiger partial charge is 0.315 e. The van der Waals surface area contributed by atoms with Gasteiger partial charge >= 0.3 is 0 Å². The van der Waals surface area contributed by atoms with E-state index >= 15 is 0 Å². The van der Waals surface area contributed by atoms with Crippen LogP contribution in [0.1, 0.15) is 5.56 Å². The van der Waals surface area contributed by atoms with E-state index in [1.165, 1.54) is 5.56 Å². The SMILES string of the molecule is CS(=O)CCNCCc1ccncc1. The second-order valence-corrected chi connectivity index (χ2v) is 4.69. The smallest absolute Gasteiger partial charge is 0.0357 e. The molecule has 1 N–H and O–H groups in total. The lowest BCUT2D eigenvalue weighted by atomic mass is 10.2. The summed E-state index contributed by atoms with van der Waals surface area (Å²) in [5, 5.41) is 3.25. The van der Waals surface area contributed by atoms with Crippen LogP contribution in [0.2, 0.25) is 0 Å². The zero-order valence-electron chi connectivity index (χ0n) is 8.40. The van der Waals surface area contributed by atoms with Crippen LogP contribution in [0.4, 0.5) is 0 Å². The topological polar surface area (TPSA) is 42.0 Å². The van der Waals surface area contributed by atoms with Crippen LogP contribution in [0.5, 0.6) is 0 Å². The van der Waals surface area contributed by atoms with Crippen molar-refractivity contribution in [2.45, 2.75) is 6.42 Å². The van der Waals surface area contributed by atoms with Gasteiger partial charge in [0.2, 0.25) is 0 Å². The molecule has 0 aromatic carbocycles. The summed E-state index contributed by atoms with van der Waals surface area (Å²) in [5.74, 6) is 0.732. The van der Waals surface area contributed by atoms with E-state index < -0.39 is 10.8 Å². The lowest BCUT2D eigenvalue weighted by Crippen LogP contribution is -2.22. The van der Waals surface area contributed by atoms with Crippen LogP contribution in [-0.2, 0) is 17.2 Å². The molecule has 78 valence electrons. The van der Waals surface area contributed by atoms with Crippen molar-refractivity contribution in [1.82, 2.24) is 10.3 Å². The first-order valence-electron chi connectivity index (χ1n) is 4.68. The molecule has 1 unspecified atom stereocenters. The molecule has 1 heterocycles. The van der Waals surface area contributed by atoms with Crippen LogP contribution in [-0.4, -0.2) is 34.3 Å². The maximum Gasteiger partial charge on any atom is 0.0357 e. The van der Waals surface area contributed by atoms with Crippen molar-refractivity contribution in [3.8, 4) is 0 Å². The molecule has 0 bridgehead atoms. The van der Waals surface area contributed by atoms with E-state index in [9.17, 15) is 4.21 Å². The maximum absolute atomic E-state index is 10.7. The molecule has 1 aromatic heterocycles. The van der Waals surface area contributed by atoms with Gasteiger partial charge in [-0.15, -0.1) is 0 Å². The summed E-state index contributed by atoms with van der Waals surface area (Å²) in [5.41, 5.74) is 1.28. The highest BCUT2D eigenvalue weighted by atomic mass is 32.2. The summed E-state index contributed by atoms with van der Waals surface area (Å²) in [4.78, 5) is 3.95. The highest BCUT2D eigenvalue weighted by molar-refractivity contribution is 7.84. The van der Waals surface area contributed by atoms with E-state index in [0.717, 1.165) is 25.3 Å². The number of pyridine rings is 1. The molecule has 0 aliphatic heterocycles. The monoisotopic (exact) mass is 212 g/mol. The first kappa shape index (κ1) is 11.3. The predicted molar refractivity (Wildman–Crippen MR) is 59.7 cm³/mol. The highest BCUT2D eigenvalue weighted by Crippen LogP contribution is 1.95. The Morgan fingerprint density at radius 3 is 2.71 bits per heavy atom. The molecule has 1 rings (SSSR count). The third-order valence-electron chi connectivity index (χ3n) is 1.91. The van der Waals surface area contributed by atoms with Crippen LogP contribution in [0.25, 0.3) is 0 Å². The van der Waals surface area contributed by atoms with E-state index in [0.29, 0.717) is 0 Å². The van der Waals surface area contributed by atoms with Crippen molar-refractivity contribution in [3.05, 3.63) is 30.1 Å². The molecule has 0 saturated heterocycles. The maximum atomic E-state index is 10.7. The van der Waals surface area contributed by atoms with Gasteiger partial charge in [-0.05, 0) is 30.7 Å². The molecule has 0 radical (unpaired) electrons. The highest BCUT2D eigenvalue weighted by Gasteiger charge is 1.93. The third-order valence-corrected chi connectivity index (χ3v) is 2.69. The van der Waals surface area contributed by atoms with Gasteiger partial charge in [-0.25, -0.2) is 0 Å². The van der Waals surface area contributed by atoms with Gasteiger partial charge in [0.25, 0.3) is 0 Å². The molecule has 3 nitrogen and oxygen atoms in total. The van der Waals surface area contributed by atoms with Crippen molar-refractivity contribution in [2.75, 3.05) is 25.1 Å². The van der Waals surface area contributed by atoms with Crippen LogP contribution in [0.3, 0.4) is 0 Å². The minimum Gasteiger partial charge on any atom is -0.315 e. The number of nitrogens with zero attached hydrogens (tertiary/aromatic N) is 1. The van der Waals surface area contributed by atoms with Gasteiger partial charge in [0.15, 0.2) is 0 Å². The zero-order valence-corrected chi connectivity index (χ0v) is 9.22. The molecule has 0 saturated carbocycles. The Morgan fingerprint density at radius 2 is 2.07 bits per heavy atom. The average molecular weight is 212 g/mol. The molecule has 4 heteroatoms. The fraction of sp³-hybridized carbons (Fsp3) is 0.500. The fourth-order valence-corrected chi connectivity index (χ4v) is 1.55. The summed E-state index contributed by atoms with van der Waals surface area (Å²) in [7, 11) is -0.686. The van der Waals surface area contributed by atoms with Crippen molar-refractivity contribution in [1.29, 1.82) is 0 Å². The zero-order chi connectivity index (χ0) is 10.2. The van der Waals surface area contributed by atoms with Gasteiger partial charge in [-0.1, -0.05) is 0 Å². The molecular formula is C10H16N2OS. The normalized spacial score (nSPS) is 12.6. The molecule has 0 fully saturated rings. The van der Waals surface area contributed by atoms with Crippen molar-refractivity contribution >= 4 is 10.8 Å². The van der Waals surface area contributed by atoms with Gasteiger partial charge in [-0.3, -0.25) is 9.19 Å². The lowest BCUT2D eigenvalue weighted by Gasteiger charge is -2.02. The Balaban J connectivity index is 2.08. The van der Waals surface area contributed by atoms with E-state index in [2.05, 4.69) is 10.3 Å². The number of hydrogen-bond donors (Lipinski definition) is 1. The quantitative estimate of drug-likeness (QED) is 0.702. The summed E-state index contributed by atoms with van der Waals surface area (Å²) in [6, 6.07) is 4.03. The predicted octanol–water partition coefficient (Wildman–Crippen LogP) is 0.592. The van der Waals surface area contributed by atoms with Crippen molar-refractivity contribution in [3.63, 3.8) is 0 Å². The molecule has 0 aliphatic carbocycles. The number of hydrogen-bond acceptors (Lipinski definition) is 3. The Hall–Kier alpha value is -0.740. The van der Waals surface area contributed by atoms with Gasteiger partial charge in [0.1, 0.15) is 0 Å². The molecule has 0 aliphatic rings. The first-order valence-corrected chi connectivity index (χ1v) is 6.41. The average Bonchev–Trinajstić information content (AvgIpc) is 2.18. The number of aromatic nitrogens is 1. The fourth-order valence-electron chi connectivity index (χ4n) is 1.12. The Labute approximate surface area is 87.4 Å².